The van der Waals surface area contributed by atoms with Gasteiger partial charge in [-0.25, -0.2) is 4.39 Å². The molecule has 1 aromatic rings. The number of hydrogen-bond acceptors (Lipinski definition) is 3. The number of carboxylic acid groups (broad SMARTS) is 1. The van der Waals surface area contributed by atoms with E-state index in [-0.39, 0.29) is 23.8 Å². The minimum Gasteiger partial charge on any atom is -0.481 e. The molecule has 0 aromatic heterocycles. The van der Waals surface area contributed by atoms with Gasteiger partial charge in [-0.15, -0.1) is 0 Å². The van der Waals surface area contributed by atoms with Crippen LogP contribution < -0.4 is 0 Å². The van der Waals surface area contributed by atoms with Gasteiger partial charge in [0.15, 0.2) is 0 Å². The zero-order chi connectivity index (χ0) is 18.7. The largest absolute Gasteiger partial charge is 0.481 e. The summed E-state index contributed by atoms with van der Waals surface area (Å²) >= 11 is 0. The molecule has 3 rings (SSSR count). The summed E-state index contributed by atoms with van der Waals surface area (Å²) in [7, 11) is 0. The summed E-state index contributed by atoms with van der Waals surface area (Å²) in [6, 6.07) is 5.71. The van der Waals surface area contributed by atoms with Crippen molar-refractivity contribution in [2.75, 3.05) is 0 Å². The summed E-state index contributed by atoms with van der Waals surface area (Å²) in [6.45, 7) is 2.16. The van der Waals surface area contributed by atoms with Crippen LogP contribution in [-0.2, 0) is 19.7 Å². The van der Waals surface area contributed by atoms with E-state index in [0.29, 0.717) is 37.2 Å². The van der Waals surface area contributed by atoms with Gasteiger partial charge in [-0.3, -0.25) is 9.59 Å². The van der Waals surface area contributed by atoms with E-state index in [0.717, 1.165) is 19.3 Å². The second kappa shape index (κ2) is 7.77. The molecule has 0 aliphatic heterocycles. The Balaban J connectivity index is 1.56. The van der Waals surface area contributed by atoms with Crippen molar-refractivity contribution in [1.82, 2.24) is 0 Å². The topological polar surface area (TPSA) is 63.6 Å². The van der Waals surface area contributed by atoms with Gasteiger partial charge in [0, 0.05) is 0 Å². The van der Waals surface area contributed by atoms with E-state index in [4.69, 9.17) is 4.74 Å². The van der Waals surface area contributed by atoms with E-state index in [1.54, 1.807) is 12.1 Å². The van der Waals surface area contributed by atoms with Gasteiger partial charge in [-0.05, 0) is 62.1 Å². The number of carbonyl (C=O) groups excluding carboxylic acids is 1. The quantitative estimate of drug-likeness (QED) is 0.759. The monoisotopic (exact) mass is 362 g/mol. The number of benzene rings is 1. The zero-order valence-electron chi connectivity index (χ0n) is 15.2. The lowest BCUT2D eigenvalue weighted by molar-refractivity contribution is -0.162. The van der Waals surface area contributed by atoms with Gasteiger partial charge in [0.1, 0.15) is 11.9 Å². The van der Waals surface area contributed by atoms with Crippen molar-refractivity contribution in [1.29, 1.82) is 0 Å². The summed E-state index contributed by atoms with van der Waals surface area (Å²) in [4.78, 5) is 24.2. The van der Waals surface area contributed by atoms with Crippen LogP contribution >= 0.6 is 0 Å². The van der Waals surface area contributed by atoms with Crippen LogP contribution in [0.5, 0.6) is 0 Å². The number of ether oxygens (including phenoxy) is 1. The van der Waals surface area contributed by atoms with Crippen LogP contribution in [0.2, 0.25) is 0 Å². The first-order chi connectivity index (χ1) is 12.4. The van der Waals surface area contributed by atoms with Gasteiger partial charge < -0.3 is 9.84 Å². The molecule has 2 aliphatic carbocycles. The highest BCUT2D eigenvalue weighted by molar-refractivity contribution is 5.81. The lowest BCUT2D eigenvalue weighted by atomic mass is 9.68. The Morgan fingerprint density at radius 1 is 1.19 bits per heavy atom. The van der Waals surface area contributed by atoms with Crippen LogP contribution in [0, 0.1) is 17.7 Å². The van der Waals surface area contributed by atoms with Crippen molar-refractivity contribution >= 4 is 11.9 Å². The molecule has 1 aromatic carbocycles. The second-order valence-corrected chi connectivity index (χ2v) is 7.85. The molecule has 2 saturated carbocycles. The van der Waals surface area contributed by atoms with E-state index >= 15 is 0 Å². The van der Waals surface area contributed by atoms with Crippen molar-refractivity contribution in [2.45, 2.75) is 69.8 Å². The Hall–Kier alpha value is -1.91. The van der Waals surface area contributed by atoms with E-state index in [1.165, 1.54) is 18.6 Å². The van der Waals surface area contributed by atoms with Crippen molar-refractivity contribution < 1.29 is 23.8 Å². The zero-order valence-corrected chi connectivity index (χ0v) is 15.2. The van der Waals surface area contributed by atoms with Crippen LogP contribution in [0.3, 0.4) is 0 Å². The summed E-state index contributed by atoms with van der Waals surface area (Å²) in [5.41, 5.74) is -0.392. The number of esters is 1. The second-order valence-electron chi connectivity index (χ2n) is 7.85. The fourth-order valence-corrected chi connectivity index (χ4v) is 4.43. The Kier molecular flexibility index (Phi) is 5.64. The molecule has 26 heavy (non-hydrogen) atoms. The van der Waals surface area contributed by atoms with Crippen LogP contribution in [0.25, 0.3) is 0 Å². The molecule has 0 radical (unpaired) electrons. The number of aliphatic carboxylic acids is 1. The van der Waals surface area contributed by atoms with Gasteiger partial charge in [0.05, 0.1) is 11.3 Å². The van der Waals surface area contributed by atoms with Crippen molar-refractivity contribution in [3.8, 4) is 0 Å². The average molecular weight is 362 g/mol. The van der Waals surface area contributed by atoms with Gasteiger partial charge in [-0.1, -0.05) is 31.9 Å². The van der Waals surface area contributed by atoms with Crippen molar-refractivity contribution in [3.05, 3.63) is 35.6 Å². The summed E-state index contributed by atoms with van der Waals surface area (Å²) in [5.74, 6) is -0.710. The van der Waals surface area contributed by atoms with Crippen LogP contribution in [0.4, 0.5) is 4.39 Å². The molecular formula is C21H27FO4. The maximum Gasteiger partial charge on any atom is 0.314 e. The van der Waals surface area contributed by atoms with E-state index in [2.05, 4.69) is 6.92 Å². The van der Waals surface area contributed by atoms with E-state index < -0.39 is 11.4 Å². The number of halogens is 1. The van der Waals surface area contributed by atoms with E-state index in [1.807, 2.05) is 0 Å². The Bertz CT molecular complexity index is 640. The van der Waals surface area contributed by atoms with Crippen molar-refractivity contribution in [2.24, 2.45) is 11.8 Å². The molecule has 4 nitrogen and oxygen atoms in total. The minimum absolute atomic E-state index is 0.0230. The highest BCUT2D eigenvalue weighted by atomic mass is 19.1. The molecule has 142 valence electrons. The maximum atomic E-state index is 13.2. The normalized spacial score (nSPS) is 31.1. The van der Waals surface area contributed by atoms with Crippen molar-refractivity contribution in [3.63, 3.8) is 0 Å². The van der Waals surface area contributed by atoms with Gasteiger partial charge in [0.2, 0.25) is 0 Å². The molecular weight excluding hydrogens is 335 g/mol. The average Bonchev–Trinajstić information content (AvgIpc) is 2.59. The van der Waals surface area contributed by atoms with Gasteiger partial charge in [-0.2, -0.15) is 0 Å². The smallest absolute Gasteiger partial charge is 0.314 e. The molecule has 1 N–H and O–H groups in total. The SMILES string of the molecule is CCC[C@H]1C[C@H](C(=O)OC2CCC(C(=O)O)(c3ccc(F)cc3)CC2)C1. The molecule has 0 spiro atoms. The standard InChI is InChI=1S/C21H27FO4/c1-2-3-14-12-15(13-14)19(23)26-18-8-10-21(11-9-18,20(24)25)16-4-6-17(22)7-5-16/h4-7,14-15,18H,2-3,8-13H2,1H3,(H,24,25)/t14-,15-,18?,21?. The third-order valence-corrected chi connectivity index (χ3v) is 6.14. The molecule has 2 fully saturated rings. The predicted molar refractivity (Wildman–Crippen MR) is 95.2 cm³/mol. The number of hydrogen-bond donors (Lipinski definition) is 1. The van der Waals surface area contributed by atoms with E-state index in [9.17, 15) is 19.1 Å². The third kappa shape index (κ3) is 3.76. The fraction of sp³-hybridized carbons (Fsp3) is 0.619. The molecule has 0 saturated heterocycles. The molecule has 2 aliphatic rings. The number of carbonyl (C=O) groups is 2. The molecule has 0 heterocycles. The molecule has 0 atom stereocenters. The van der Waals surface area contributed by atoms with Crippen LogP contribution in [0.1, 0.15) is 63.9 Å². The van der Waals surface area contributed by atoms with Crippen LogP contribution in [0.15, 0.2) is 24.3 Å². The molecule has 0 amide bonds. The Morgan fingerprint density at radius 2 is 1.81 bits per heavy atom. The number of carboxylic acids is 1. The fourth-order valence-electron chi connectivity index (χ4n) is 4.43. The summed E-state index contributed by atoms with van der Waals surface area (Å²) < 4.78 is 18.8. The lowest BCUT2D eigenvalue weighted by Crippen LogP contribution is -2.42. The first-order valence-corrected chi connectivity index (χ1v) is 9.64. The Labute approximate surface area is 153 Å². The predicted octanol–water partition coefficient (Wildman–Crippen LogP) is 4.46. The highest BCUT2D eigenvalue weighted by Crippen LogP contribution is 2.42. The van der Waals surface area contributed by atoms with Crippen LogP contribution in [-0.4, -0.2) is 23.1 Å². The summed E-state index contributed by atoms with van der Waals surface area (Å²) in [5, 5.41) is 9.79. The highest BCUT2D eigenvalue weighted by Gasteiger charge is 2.45. The first-order valence-electron chi connectivity index (χ1n) is 9.64. The lowest BCUT2D eigenvalue weighted by Gasteiger charge is -2.39. The van der Waals surface area contributed by atoms with Gasteiger partial charge >= 0.3 is 11.9 Å². The molecule has 5 heteroatoms. The van der Waals surface area contributed by atoms with Gasteiger partial charge in [0.25, 0.3) is 0 Å². The maximum absolute atomic E-state index is 13.2. The third-order valence-electron chi connectivity index (χ3n) is 6.14. The minimum atomic E-state index is -1.01. The molecule has 0 unspecified atom stereocenters. The first kappa shape index (κ1) is 18.9. The molecule has 0 bridgehead atoms. The summed E-state index contributed by atoms with van der Waals surface area (Å²) in [6.07, 6.45) is 5.82. The Morgan fingerprint density at radius 3 is 2.35 bits per heavy atom. The number of rotatable bonds is 6.